The van der Waals surface area contributed by atoms with Crippen molar-refractivity contribution in [1.82, 2.24) is 4.98 Å². The summed E-state index contributed by atoms with van der Waals surface area (Å²) in [5.41, 5.74) is 0.796. The fourth-order valence-corrected chi connectivity index (χ4v) is 2.51. The fraction of sp³-hybridized carbons (Fsp3) is 0.600. The summed E-state index contributed by atoms with van der Waals surface area (Å²) in [6.45, 7) is 1.97. The highest BCUT2D eigenvalue weighted by atomic mass is 32.1. The molecule has 3 nitrogen and oxygen atoms in total. The summed E-state index contributed by atoms with van der Waals surface area (Å²) in [6.07, 6.45) is 2.63. The molecule has 2 rings (SSSR count). The van der Waals surface area contributed by atoms with E-state index in [2.05, 4.69) is 4.98 Å². The Kier molecular flexibility index (Phi) is 2.31. The Morgan fingerprint density at radius 2 is 2.43 bits per heavy atom. The predicted molar refractivity (Wildman–Crippen MR) is 54.2 cm³/mol. The Morgan fingerprint density at radius 1 is 1.71 bits per heavy atom. The van der Waals surface area contributed by atoms with Crippen LogP contribution in [-0.4, -0.2) is 18.1 Å². The molecule has 76 valence electrons. The number of rotatable bonds is 3. The molecule has 4 heteroatoms. The number of hydrogen-bond donors (Lipinski definition) is 0. The van der Waals surface area contributed by atoms with E-state index in [-0.39, 0.29) is 11.4 Å². The van der Waals surface area contributed by atoms with Gasteiger partial charge in [-0.05, 0) is 19.8 Å². The van der Waals surface area contributed by atoms with E-state index in [4.69, 9.17) is 4.74 Å². The number of carbonyl (C=O) groups is 1. The van der Waals surface area contributed by atoms with Crippen molar-refractivity contribution in [3.05, 3.63) is 16.1 Å². The van der Waals surface area contributed by atoms with Crippen LogP contribution in [0, 0.1) is 12.3 Å². The first-order chi connectivity index (χ1) is 6.66. The molecule has 0 amide bonds. The topological polar surface area (TPSA) is 39.2 Å². The van der Waals surface area contributed by atoms with Gasteiger partial charge in [0.2, 0.25) is 0 Å². The van der Waals surface area contributed by atoms with E-state index in [0.29, 0.717) is 0 Å². The molecule has 0 spiro atoms. The zero-order valence-electron chi connectivity index (χ0n) is 8.37. The van der Waals surface area contributed by atoms with Gasteiger partial charge in [-0.25, -0.2) is 4.98 Å². The minimum absolute atomic E-state index is 0.0784. The highest BCUT2D eigenvalue weighted by molar-refractivity contribution is 7.09. The molecule has 0 atom stereocenters. The van der Waals surface area contributed by atoms with E-state index < -0.39 is 0 Å². The monoisotopic (exact) mass is 211 g/mol. The van der Waals surface area contributed by atoms with Crippen LogP contribution in [0.25, 0.3) is 0 Å². The standard InChI is InChI=1S/C10H13NO2S/c1-7-6-14-8(11-7)5-10(3-4-10)9(12)13-2/h6H,3-5H2,1-2H3. The van der Waals surface area contributed by atoms with E-state index in [9.17, 15) is 4.79 Å². The second kappa shape index (κ2) is 3.35. The van der Waals surface area contributed by atoms with Gasteiger partial charge in [0.15, 0.2) is 0 Å². The predicted octanol–water partition coefficient (Wildman–Crippen LogP) is 1.95. The van der Waals surface area contributed by atoms with Crippen molar-refractivity contribution in [2.75, 3.05) is 7.11 Å². The zero-order chi connectivity index (χ0) is 10.2. The van der Waals surface area contributed by atoms with Crippen molar-refractivity contribution in [2.24, 2.45) is 5.41 Å². The van der Waals surface area contributed by atoms with Gasteiger partial charge in [0.1, 0.15) is 0 Å². The normalized spacial score (nSPS) is 17.9. The highest BCUT2D eigenvalue weighted by Crippen LogP contribution is 2.49. The van der Waals surface area contributed by atoms with Crippen LogP contribution >= 0.6 is 11.3 Å². The quantitative estimate of drug-likeness (QED) is 0.717. The number of nitrogens with zero attached hydrogens (tertiary/aromatic N) is 1. The van der Waals surface area contributed by atoms with Crippen molar-refractivity contribution >= 4 is 17.3 Å². The molecule has 1 fully saturated rings. The number of aryl methyl sites for hydroxylation is 1. The molecule has 1 aliphatic rings. The molecule has 1 saturated carbocycles. The summed E-state index contributed by atoms with van der Waals surface area (Å²) in [4.78, 5) is 15.8. The molecular formula is C10H13NO2S. The van der Waals surface area contributed by atoms with Gasteiger partial charge in [0.25, 0.3) is 0 Å². The van der Waals surface area contributed by atoms with Crippen molar-refractivity contribution in [3.63, 3.8) is 0 Å². The largest absolute Gasteiger partial charge is 0.469 e. The van der Waals surface area contributed by atoms with Gasteiger partial charge in [0.05, 0.1) is 17.5 Å². The molecule has 0 aromatic carbocycles. The molecule has 0 saturated heterocycles. The lowest BCUT2D eigenvalue weighted by atomic mass is 10.0. The lowest BCUT2D eigenvalue weighted by Crippen LogP contribution is -2.19. The fourth-order valence-electron chi connectivity index (χ4n) is 1.59. The van der Waals surface area contributed by atoms with Crippen molar-refractivity contribution in [3.8, 4) is 0 Å². The first-order valence-electron chi connectivity index (χ1n) is 4.66. The second-order valence-corrected chi connectivity index (χ2v) is 4.77. The van der Waals surface area contributed by atoms with Crippen molar-refractivity contribution in [2.45, 2.75) is 26.2 Å². The maximum Gasteiger partial charge on any atom is 0.312 e. The van der Waals surface area contributed by atoms with Gasteiger partial charge in [-0.15, -0.1) is 11.3 Å². The number of aromatic nitrogens is 1. The van der Waals surface area contributed by atoms with Crippen LogP contribution in [0.4, 0.5) is 0 Å². The maximum atomic E-state index is 11.5. The third-order valence-corrected chi connectivity index (χ3v) is 3.59. The second-order valence-electron chi connectivity index (χ2n) is 3.83. The molecular weight excluding hydrogens is 198 g/mol. The molecule has 0 unspecified atom stereocenters. The number of methoxy groups -OCH3 is 1. The number of ether oxygens (including phenoxy) is 1. The van der Waals surface area contributed by atoms with Crippen LogP contribution in [0.3, 0.4) is 0 Å². The first-order valence-corrected chi connectivity index (χ1v) is 5.54. The number of hydrogen-bond acceptors (Lipinski definition) is 4. The number of thiazole rings is 1. The lowest BCUT2D eigenvalue weighted by molar-refractivity contribution is -0.147. The summed E-state index contributed by atoms with van der Waals surface area (Å²) in [5.74, 6) is -0.0784. The average molecular weight is 211 g/mol. The molecule has 0 aliphatic heterocycles. The molecule has 1 heterocycles. The van der Waals surface area contributed by atoms with Crippen molar-refractivity contribution in [1.29, 1.82) is 0 Å². The zero-order valence-corrected chi connectivity index (χ0v) is 9.19. The summed E-state index contributed by atoms with van der Waals surface area (Å²) < 4.78 is 4.79. The van der Waals surface area contributed by atoms with Gasteiger partial charge < -0.3 is 4.74 Å². The summed E-state index contributed by atoms with van der Waals surface area (Å²) in [7, 11) is 1.45. The van der Waals surface area contributed by atoms with E-state index in [1.54, 1.807) is 11.3 Å². The molecule has 1 aromatic rings. The Labute approximate surface area is 87.1 Å². The molecule has 0 N–H and O–H groups in total. The average Bonchev–Trinajstić information content (AvgIpc) is 2.84. The van der Waals surface area contributed by atoms with E-state index >= 15 is 0 Å². The third-order valence-electron chi connectivity index (χ3n) is 2.63. The third kappa shape index (κ3) is 1.66. The highest BCUT2D eigenvalue weighted by Gasteiger charge is 2.51. The summed E-state index contributed by atoms with van der Waals surface area (Å²) in [6, 6.07) is 0. The van der Waals surface area contributed by atoms with Crippen LogP contribution in [0.1, 0.15) is 23.5 Å². The molecule has 1 aliphatic carbocycles. The van der Waals surface area contributed by atoms with E-state index in [0.717, 1.165) is 30.0 Å². The first kappa shape index (κ1) is 9.65. The molecule has 14 heavy (non-hydrogen) atoms. The molecule has 0 radical (unpaired) electrons. The van der Waals surface area contributed by atoms with Gasteiger partial charge in [0, 0.05) is 17.5 Å². The Hall–Kier alpha value is -0.900. The molecule has 1 aromatic heterocycles. The van der Waals surface area contributed by atoms with Gasteiger partial charge >= 0.3 is 5.97 Å². The minimum atomic E-state index is -0.237. The van der Waals surface area contributed by atoms with Gasteiger partial charge in [-0.1, -0.05) is 0 Å². The summed E-state index contributed by atoms with van der Waals surface area (Å²) in [5, 5.41) is 3.06. The minimum Gasteiger partial charge on any atom is -0.469 e. The lowest BCUT2D eigenvalue weighted by Gasteiger charge is -2.09. The Balaban J connectivity index is 2.07. The van der Waals surface area contributed by atoms with Crippen LogP contribution in [0.2, 0.25) is 0 Å². The Morgan fingerprint density at radius 3 is 2.86 bits per heavy atom. The maximum absolute atomic E-state index is 11.5. The van der Waals surface area contributed by atoms with E-state index in [1.165, 1.54) is 7.11 Å². The van der Waals surface area contributed by atoms with Crippen LogP contribution in [-0.2, 0) is 16.0 Å². The SMILES string of the molecule is COC(=O)C1(Cc2nc(C)cs2)CC1. The van der Waals surface area contributed by atoms with Gasteiger partial charge in [-0.3, -0.25) is 4.79 Å². The van der Waals surface area contributed by atoms with Crippen LogP contribution in [0.5, 0.6) is 0 Å². The van der Waals surface area contributed by atoms with E-state index in [1.807, 2.05) is 12.3 Å². The Bertz CT molecular complexity index is 355. The van der Waals surface area contributed by atoms with Crippen LogP contribution < -0.4 is 0 Å². The number of esters is 1. The van der Waals surface area contributed by atoms with Crippen molar-refractivity contribution < 1.29 is 9.53 Å². The number of carbonyl (C=O) groups excluding carboxylic acids is 1. The summed E-state index contributed by atoms with van der Waals surface area (Å²) >= 11 is 1.63. The van der Waals surface area contributed by atoms with Gasteiger partial charge in [-0.2, -0.15) is 0 Å². The molecule has 0 bridgehead atoms. The smallest absolute Gasteiger partial charge is 0.312 e. The van der Waals surface area contributed by atoms with Crippen LogP contribution in [0.15, 0.2) is 5.38 Å².